The average Bonchev–Trinajstić information content (AvgIpc) is 3.28. The number of carbonyl (C=O) groups is 1. The fraction of sp³-hybridized carbons (Fsp3) is 0.562. The highest BCUT2D eigenvalue weighted by Crippen LogP contribution is 2.29. The largest absolute Gasteiger partial charge is 0.334 e. The Bertz CT molecular complexity index is 456. The zero-order valence-electron chi connectivity index (χ0n) is 12.2. The summed E-state index contributed by atoms with van der Waals surface area (Å²) in [6.45, 7) is 4.74. The highest BCUT2D eigenvalue weighted by molar-refractivity contribution is 6.30. The third-order valence-corrected chi connectivity index (χ3v) is 4.33. The Morgan fingerprint density at radius 3 is 2.50 bits per heavy atom. The van der Waals surface area contributed by atoms with Gasteiger partial charge in [0.2, 0.25) is 5.91 Å². The Balaban J connectivity index is 2.07. The highest BCUT2D eigenvalue weighted by atomic mass is 35.5. The summed E-state index contributed by atoms with van der Waals surface area (Å²) in [5.41, 5.74) is 7.21. The number of hydrogen-bond acceptors (Lipinski definition) is 2. The molecule has 0 saturated heterocycles. The van der Waals surface area contributed by atoms with Gasteiger partial charge in [-0.05, 0) is 36.5 Å². The second-order valence-corrected chi connectivity index (χ2v) is 6.17. The van der Waals surface area contributed by atoms with E-state index in [9.17, 15) is 4.79 Å². The Morgan fingerprint density at radius 2 is 2.00 bits per heavy atom. The molecule has 2 unspecified atom stereocenters. The van der Waals surface area contributed by atoms with Gasteiger partial charge >= 0.3 is 0 Å². The van der Waals surface area contributed by atoms with Crippen LogP contribution in [-0.2, 0) is 11.3 Å². The van der Waals surface area contributed by atoms with Crippen LogP contribution in [0.25, 0.3) is 0 Å². The van der Waals surface area contributed by atoms with Gasteiger partial charge in [-0.1, -0.05) is 44.0 Å². The van der Waals surface area contributed by atoms with Gasteiger partial charge in [0.05, 0.1) is 6.04 Å². The van der Waals surface area contributed by atoms with E-state index in [4.69, 9.17) is 17.3 Å². The predicted octanol–water partition coefficient (Wildman–Crippen LogP) is 3.20. The fourth-order valence-corrected chi connectivity index (χ4v) is 2.37. The summed E-state index contributed by atoms with van der Waals surface area (Å²) < 4.78 is 0. The molecule has 1 aliphatic carbocycles. The van der Waals surface area contributed by atoms with Crippen molar-refractivity contribution in [2.24, 2.45) is 11.7 Å². The van der Waals surface area contributed by atoms with Crippen LogP contribution < -0.4 is 5.73 Å². The van der Waals surface area contributed by atoms with Crippen LogP contribution in [0.3, 0.4) is 0 Å². The van der Waals surface area contributed by atoms with Crippen molar-refractivity contribution >= 4 is 17.5 Å². The lowest BCUT2D eigenvalue weighted by atomic mass is 9.98. The normalized spacial score (nSPS) is 17.6. The van der Waals surface area contributed by atoms with Crippen LogP contribution in [-0.4, -0.2) is 22.9 Å². The molecular formula is C16H23ClN2O. The van der Waals surface area contributed by atoms with Gasteiger partial charge in [0.1, 0.15) is 0 Å². The summed E-state index contributed by atoms with van der Waals surface area (Å²) in [7, 11) is 0. The molecule has 1 saturated carbocycles. The maximum atomic E-state index is 12.6. The number of benzene rings is 1. The molecule has 0 aromatic heterocycles. The number of hydrogen-bond donors (Lipinski definition) is 1. The van der Waals surface area contributed by atoms with Crippen LogP contribution in [0.5, 0.6) is 0 Å². The first-order chi connectivity index (χ1) is 9.52. The Hall–Kier alpha value is -1.06. The van der Waals surface area contributed by atoms with E-state index >= 15 is 0 Å². The van der Waals surface area contributed by atoms with Crippen molar-refractivity contribution in [2.45, 2.75) is 51.7 Å². The molecule has 0 bridgehead atoms. The van der Waals surface area contributed by atoms with Crippen LogP contribution in [0, 0.1) is 5.92 Å². The minimum Gasteiger partial charge on any atom is -0.334 e. The molecule has 1 aromatic carbocycles. The molecule has 2 N–H and O–H groups in total. The number of amides is 1. The molecule has 1 amide bonds. The van der Waals surface area contributed by atoms with Crippen LogP contribution in [0.2, 0.25) is 5.02 Å². The third-order valence-electron chi connectivity index (χ3n) is 4.08. The van der Waals surface area contributed by atoms with E-state index in [0.717, 1.165) is 24.8 Å². The molecule has 110 valence electrons. The van der Waals surface area contributed by atoms with Gasteiger partial charge in [-0.25, -0.2) is 0 Å². The smallest absolute Gasteiger partial charge is 0.240 e. The van der Waals surface area contributed by atoms with E-state index in [0.29, 0.717) is 17.6 Å². The van der Waals surface area contributed by atoms with E-state index in [1.54, 1.807) is 0 Å². The van der Waals surface area contributed by atoms with Gasteiger partial charge in [0.25, 0.3) is 0 Å². The molecule has 0 heterocycles. The second kappa shape index (κ2) is 6.59. The first kappa shape index (κ1) is 15.3. The molecule has 2 rings (SSSR count). The van der Waals surface area contributed by atoms with Crippen molar-refractivity contribution in [3.8, 4) is 0 Å². The molecule has 1 fully saturated rings. The zero-order chi connectivity index (χ0) is 14.7. The average molecular weight is 295 g/mol. The van der Waals surface area contributed by atoms with E-state index in [1.165, 1.54) is 0 Å². The summed E-state index contributed by atoms with van der Waals surface area (Å²) >= 11 is 5.90. The van der Waals surface area contributed by atoms with Crippen molar-refractivity contribution in [1.29, 1.82) is 0 Å². The van der Waals surface area contributed by atoms with Crippen molar-refractivity contribution in [3.63, 3.8) is 0 Å². The maximum absolute atomic E-state index is 12.6. The Morgan fingerprint density at radius 1 is 1.40 bits per heavy atom. The number of halogens is 1. The molecule has 4 heteroatoms. The first-order valence-corrected chi connectivity index (χ1v) is 7.71. The summed E-state index contributed by atoms with van der Waals surface area (Å²) in [5, 5.41) is 0.717. The Labute approximate surface area is 126 Å². The standard InChI is InChI=1S/C16H23ClN2O/c1-3-11(2)15(18)16(20)19(14-8-9-14)10-12-4-6-13(17)7-5-12/h4-7,11,14-15H,3,8-10,18H2,1-2H3. The van der Waals surface area contributed by atoms with E-state index in [-0.39, 0.29) is 11.8 Å². The van der Waals surface area contributed by atoms with Gasteiger partial charge in [-0.2, -0.15) is 0 Å². The van der Waals surface area contributed by atoms with Gasteiger partial charge in [0.15, 0.2) is 0 Å². The minimum atomic E-state index is -0.395. The summed E-state index contributed by atoms with van der Waals surface area (Å²) in [4.78, 5) is 14.5. The lowest BCUT2D eigenvalue weighted by Gasteiger charge is -2.28. The second-order valence-electron chi connectivity index (χ2n) is 5.74. The van der Waals surface area contributed by atoms with Crippen LogP contribution in [0.1, 0.15) is 38.7 Å². The molecule has 1 aromatic rings. The SMILES string of the molecule is CCC(C)C(N)C(=O)N(Cc1ccc(Cl)cc1)C1CC1. The quantitative estimate of drug-likeness (QED) is 0.876. The molecule has 3 nitrogen and oxygen atoms in total. The number of nitrogens with two attached hydrogens (primary N) is 1. The van der Waals surface area contributed by atoms with Gasteiger partial charge < -0.3 is 10.6 Å². The fourth-order valence-electron chi connectivity index (χ4n) is 2.25. The molecule has 20 heavy (non-hydrogen) atoms. The van der Waals surface area contributed by atoms with Gasteiger partial charge in [0, 0.05) is 17.6 Å². The monoisotopic (exact) mass is 294 g/mol. The molecule has 2 atom stereocenters. The summed E-state index contributed by atoms with van der Waals surface area (Å²) in [6, 6.07) is 7.64. The topological polar surface area (TPSA) is 46.3 Å². The van der Waals surface area contributed by atoms with E-state index in [2.05, 4.69) is 6.92 Å². The molecule has 0 spiro atoms. The van der Waals surface area contributed by atoms with Crippen LogP contribution in [0.15, 0.2) is 24.3 Å². The van der Waals surface area contributed by atoms with Crippen molar-refractivity contribution in [2.75, 3.05) is 0 Å². The third kappa shape index (κ3) is 3.74. The number of rotatable bonds is 6. The Kier molecular flexibility index (Phi) is 5.06. The summed E-state index contributed by atoms with van der Waals surface area (Å²) in [6.07, 6.45) is 3.10. The molecule has 0 aliphatic heterocycles. The van der Waals surface area contributed by atoms with Crippen LogP contribution in [0.4, 0.5) is 0 Å². The van der Waals surface area contributed by atoms with Gasteiger partial charge in [-0.15, -0.1) is 0 Å². The van der Waals surface area contributed by atoms with Gasteiger partial charge in [-0.3, -0.25) is 4.79 Å². The maximum Gasteiger partial charge on any atom is 0.240 e. The molecular weight excluding hydrogens is 272 g/mol. The van der Waals surface area contributed by atoms with E-state index < -0.39 is 6.04 Å². The van der Waals surface area contributed by atoms with Crippen LogP contribution >= 0.6 is 11.6 Å². The van der Waals surface area contributed by atoms with E-state index in [1.807, 2.05) is 36.1 Å². The zero-order valence-corrected chi connectivity index (χ0v) is 12.9. The molecule has 1 aliphatic rings. The first-order valence-electron chi connectivity index (χ1n) is 7.33. The minimum absolute atomic E-state index is 0.0804. The number of nitrogens with zero attached hydrogens (tertiary/aromatic N) is 1. The van der Waals surface area contributed by atoms with Crippen molar-refractivity contribution < 1.29 is 4.79 Å². The predicted molar refractivity (Wildman–Crippen MR) is 82.5 cm³/mol. The molecule has 0 radical (unpaired) electrons. The lowest BCUT2D eigenvalue weighted by molar-refractivity contribution is -0.135. The number of carbonyl (C=O) groups excluding carboxylic acids is 1. The highest BCUT2D eigenvalue weighted by Gasteiger charge is 2.35. The lowest BCUT2D eigenvalue weighted by Crippen LogP contribution is -2.47. The van der Waals surface area contributed by atoms with Crippen molar-refractivity contribution in [3.05, 3.63) is 34.9 Å². The summed E-state index contributed by atoms with van der Waals surface area (Å²) in [5.74, 6) is 0.297. The van der Waals surface area contributed by atoms with Crippen molar-refractivity contribution in [1.82, 2.24) is 4.90 Å².